The van der Waals surface area contributed by atoms with Gasteiger partial charge < -0.3 is 30.7 Å². The van der Waals surface area contributed by atoms with Crippen LogP contribution < -0.4 is 5.73 Å². The Labute approximate surface area is 120 Å². The van der Waals surface area contributed by atoms with E-state index in [0.29, 0.717) is 12.0 Å². The van der Waals surface area contributed by atoms with Gasteiger partial charge in [0.2, 0.25) is 12.6 Å². The topological polar surface area (TPSA) is 112 Å². The Morgan fingerprint density at radius 2 is 2.14 bits per heavy atom. The summed E-state index contributed by atoms with van der Waals surface area (Å²) in [6.07, 6.45) is -6.85. The zero-order valence-corrected chi connectivity index (χ0v) is 11.6. The molecule has 0 aromatic rings. The van der Waals surface area contributed by atoms with E-state index in [1.807, 2.05) is 0 Å². The van der Waals surface area contributed by atoms with E-state index in [4.69, 9.17) is 10.5 Å². The van der Waals surface area contributed by atoms with E-state index in [0.717, 1.165) is 4.90 Å². The first-order valence-corrected chi connectivity index (χ1v) is 6.59. The molecule has 0 radical (unpaired) electrons. The number of rotatable bonds is 3. The minimum atomic E-state index is -3.68. The smallest absolute Gasteiger partial charge is 0.319 e. The van der Waals surface area contributed by atoms with Gasteiger partial charge in [0.25, 0.3) is 0 Å². The standard InChI is InChI=1S/C12H19F2N3O4/c1-3-6-4-17(11(20)16-9(6)15)10-12(13,14)8(19)7(21-10)5(2)18/h4-5,7-8,10-11,18-20H,3H2,1-2H3,(H2,15,16)/t5-,7+,8+,10+,11?/m0/s1. The van der Waals surface area contributed by atoms with E-state index in [1.54, 1.807) is 6.92 Å². The number of hydrogen-bond donors (Lipinski definition) is 4. The Morgan fingerprint density at radius 3 is 2.62 bits per heavy atom. The fourth-order valence-electron chi connectivity index (χ4n) is 2.37. The fourth-order valence-corrected chi connectivity index (χ4v) is 2.37. The van der Waals surface area contributed by atoms with Gasteiger partial charge in [-0.1, -0.05) is 6.92 Å². The fraction of sp³-hybridized carbons (Fsp3) is 0.750. The van der Waals surface area contributed by atoms with E-state index in [1.165, 1.54) is 13.1 Å². The molecule has 21 heavy (non-hydrogen) atoms. The van der Waals surface area contributed by atoms with Crippen molar-refractivity contribution in [3.63, 3.8) is 0 Å². The Hall–Kier alpha value is -1.29. The molecule has 7 nitrogen and oxygen atoms in total. The van der Waals surface area contributed by atoms with Gasteiger partial charge in [-0.25, -0.2) is 4.99 Å². The zero-order valence-electron chi connectivity index (χ0n) is 11.6. The number of aliphatic hydroxyl groups excluding tert-OH is 3. The van der Waals surface area contributed by atoms with Crippen molar-refractivity contribution in [1.82, 2.24) is 4.90 Å². The van der Waals surface area contributed by atoms with Gasteiger partial charge in [-0.3, -0.25) is 0 Å². The Morgan fingerprint density at radius 1 is 1.52 bits per heavy atom. The van der Waals surface area contributed by atoms with Gasteiger partial charge in [-0.2, -0.15) is 8.78 Å². The molecule has 2 heterocycles. The predicted octanol–water partition coefficient (Wildman–Crippen LogP) is -0.669. The second-order valence-electron chi connectivity index (χ2n) is 5.13. The molecular formula is C12H19F2N3O4. The third kappa shape index (κ3) is 2.61. The number of alkyl halides is 2. The van der Waals surface area contributed by atoms with Crippen LogP contribution in [0.3, 0.4) is 0 Å². The summed E-state index contributed by atoms with van der Waals surface area (Å²) in [4.78, 5) is 4.46. The number of hydrogen-bond acceptors (Lipinski definition) is 7. The number of halogens is 2. The highest BCUT2D eigenvalue weighted by Crippen LogP contribution is 2.40. The van der Waals surface area contributed by atoms with Gasteiger partial charge >= 0.3 is 5.92 Å². The third-order valence-electron chi connectivity index (χ3n) is 3.60. The minimum absolute atomic E-state index is 0.0650. The van der Waals surface area contributed by atoms with Crippen LogP contribution in [-0.4, -0.2) is 62.9 Å². The number of nitrogens with zero attached hydrogens (tertiary/aromatic N) is 2. The average molecular weight is 307 g/mol. The van der Waals surface area contributed by atoms with E-state index < -0.39 is 36.8 Å². The number of ether oxygens (including phenoxy) is 1. The molecule has 0 spiro atoms. The molecule has 0 aromatic carbocycles. The molecule has 0 bridgehead atoms. The summed E-state index contributed by atoms with van der Waals surface area (Å²) in [6, 6.07) is 0. The molecule has 2 rings (SSSR count). The molecule has 0 aromatic heterocycles. The summed E-state index contributed by atoms with van der Waals surface area (Å²) >= 11 is 0. The molecule has 2 aliphatic heterocycles. The number of aliphatic hydroxyl groups is 3. The lowest BCUT2D eigenvalue weighted by Gasteiger charge is -2.35. The number of amidine groups is 1. The normalized spacial score (nSPS) is 37.2. The molecule has 5 atom stereocenters. The summed E-state index contributed by atoms with van der Waals surface area (Å²) in [7, 11) is 0. The van der Waals surface area contributed by atoms with Crippen molar-refractivity contribution in [3.05, 3.63) is 11.8 Å². The molecule has 120 valence electrons. The SMILES string of the molecule is CCC1=CN([C@@H]2O[C@H]([C@H](C)O)[C@@H](O)C2(F)F)C(O)N=C1N. The van der Waals surface area contributed by atoms with E-state index >= 15 is 0 Å². The van der Waals surface area contributed by atoms with Crippen LogP contribution >= 0.6 is 0 Å². The van der Waals surface area contributed by atoms with Crippen molar-refractivity contribution >= 4 is 5.84 Å². The first-order valence-electron chi connectivity index (χ1n) is 6.59. The predicted molar refractivity (Wildman–Crippen MR) is 69.1 cm³/mol. The second-order valence-corrected chi connectivity index (χ2v) is 5.13. The van der Waals surface area contributed by atoms with Crippen molar-refractivity contribution in [2.24, 2.45) is 10.7 Å². The maximum absolute atomic E-state index is 14.2. The largest absolute Gasteiger partial charge is 0.391 e. The zero-order chi connectivity index (χ0) is 15.9. The molecule has 1 unspecified atom stereocenters. The molecule has 0 amide bonds. The molecular weight excluding hydrogens is 288 g/mol. The molecule has 5 N–H and O–H groups in total. The molecule has 0 saturated carbocycles. The molecule has 0 aliphatic carbocycles. The summed E-state index contributed by atoms with van der Waals surface area (Å²) in [6.45, 7) is 2.99. The minimum Gasteiger partial charge on any atom is -0.391 e. The van der Waals surface area contributed by atoms with Crippen LogP contribution in [-0.2, 0) is 4.74 Å². The van der Waals surface area contributed by atoms with E-state index in [9.17, 15) is 24.1 Å². The molecule has 2 aliphatic rings. The number of aliphatic imine (C=N–C) groups is 1. The first kappa shape index (κ1) is 16.1. The number of nitrogens with two attached hydrogens (primary N) is 1. The van der Waals surface area contributed by atoms with E-state index in [2.05, 4.69) is 4.99 Å². The van der Waals surface area contributed by atoms with Gasteiger partial charge in [0.1, 0.15) is 11.9 Å². The summed E-state index contributed by atoms with van der Waals surface area (Å²) < 4.78 is 33.4. The van der Waals surface area contributed by atoms with Crippen molar-refractivity contribution in [3.8, 4) is 0 Å². The summed E-state index contributed by atoms with van der Waals surface area (Å²) in [5, 5.41) is 28.9. The van der Waals surface area contributed by atoms with Crippen LogP contribution in [0.4, 0.5) is 8.78 Å². The van der Waals surface area contributed by atoms with Crippen LogP contribution in [0.15, 0.2) is 16.8 Å². The van der Waals surface area contributed by atoms with Crippen LogP contribution in [0.5, 0.6) is 0 Å². The quantitative estimate of drug-likeness (QED) is 0.550. The second kappa shape index (κ2) is 5.48. The van der Waals surface area contributed by atoms with E-state index in [-0.39, 0.29) is 5.84 Å². The summed E-state index contributed by atoms with van der Waals surface area (Å²) in [5.41, 5.74) is 6.06. The maximum Gasteiger partial charge on any atom is 0.319 e. The summed E-state index contributed by atoms with van der Waals surface area (Å²) in [5.74, 6) is -3.62. The van der Waals surface area contributed by atoms with Crippen LogP contribution in [0, 0.1) is 0 Å². The van der Waals surface area contributed by atoms with Gasteiger partial charge in [0, 0.05) is 11.8 Å². The molecule has 9 heteroatoms. The lowest BCUT2D eigenvalue weighted by atomic mass is 10.1. The highest BCUT2D eigenvalue weighted by Gasteiger charge is 2.62. The van der Waals surface area contributed by atoms with Crippen molar-refractivity contribution in [2.75, 3.05) is 0 Å². The van der Waals surface area contributed by atoms with Gasteiger partial charge in [-0.15, -0.1) is 0 Å². The van der Waals surface area contributed by atoms with Crippen LogP contribution in [0.1, 0.15) is 20.3 Å². The van der Waals surface area contributed by atoms with Gasteiger partial charge in [0.05, 0.1) is 6.10 Å². The van der Waals surface area contributed by atoms with Gasteiger partial charge in [0.15, 0.2) is 6.10 Å². The lowest BCUT2D eigenvalue weighted by Crippen LogP contribution is -2.52. The molecule has 1 saturated heterocycles. The highest BCUT2D eigenvalue weighted by molar-refractivity contribution is 5.97. The maximum atomic E-state index is 14.2. The Kier molecular flexibility index (Phi) is 4.20. The van der Waals surface area contributed by atoms with Crippen molar-refractivity contribution in [1.29, 1.82) is 0 Å². The Bertz CT molecular complexity index is 469. The monoisotopic (exact) mass is 307 g/mol. The third-order valence-corrected chi connectivity index (χ3v) is 3.60. The molecule has 1 fully saturated rings. The van der Waals surface area contributed by atoms with Crippen LogP contribution in [0.2, 0.25) is 0 Å². The lowest BCUT2D eigenvalue weighted by molar-refractivity contribution is -0.187. The first-order chi connectivity index (χ1) is 9.70. The van der Waals surface area contributed by atoms with Crippen molar-refractivity contribution in [2.45, 2.75) is 57.1 Å². The highest BCUT2D eigenvalue weighted by atomic mass is 19.3. The van der Waals surface area contributed by atoms with Crippen molar-refractivity contribution < 1.29 is 28.8 Å². The Balaban J connectivity index is 2.31. The average Bonchev–Trinajstić information content (AvgIpc) is 2.62. The van der Waals surface area contributed by atoms with Crippen LogP contribution in [0.25, 0.3) is 0 Å². The van der Waals surface area contributed by atoms with Gasteiger partial charge in [-0.05, 0) is 13.3 Å².